The first-order valence-electron chi connectivity index (χ1n) is 8.97. The predicted molar refractivity (Wildman–Crippen MR) is 107 cm³/mol. The summed E-state index contributed by atoms with van der Waals surface area (Å²) in [5.41, 5.74) is 0.672. The molecule has 2 N–H and O–H groups in total. The van der Waals surface area contributed by atoms with Gasteiger partial charge in [0.1, 0.15) is 11.6 Å². The van der Waals surface area contributed by atoms with E-state index in [1.807, 2.05) is 0 Å². The van der Waals surface area contributed by atoms with Crippen LogP contribution in [0.1, 0.15) is 31.1 Å². The van der Waals surface area contributed by atoms with E-state index >= 15 is 0 Å². The Bertz CT molecular complexity index is 958. The molecule has 0 saturated heterocycles. The van der Waals surface area contributed by atoms with E-state index in [9.17, 15) is 23.6 Å². The Morgan fingerprint density at radius 1 is 0.967 bits per heavy atom. The van der Waals surface area contributed by atoms with Crippen LogP contribution >= 0.6 is 0 Å². The Morgan fingerprint density at radius 2 is 1.60 bits per heavy atom. The Hall–Kier alpha value is -3.75. The third-order valence-electron chi connectivity index (χ3n) is 3.75. The summed E-state index contributed by atoms with van der Waals surface area (Å²) in [6, 6.07) is 9.42. The molecule has 158 valence electrons. The summed E-state index contributed by atoms with van der Waals surface area (Å²) in [5, 5.41) is 5.06. The maximum absolute atomic E-state index is 12.9. The van der Waals surface area contributed by atoms with E-state index in [2.05, 4.69) is 10.6 Å². The fourth-order valence-electron chi connectivity index (χ4n) is 2.46. The number of hydrogen-bond acceptors (Lipinski definition) is 6. The lowest BCUT2D eigenvalue weighted by atomic mass is 10.1. The quantitative estimate of drug-likeness (QED) is 0.506. The van der Waals surface area contributed by atoms with Crippen molar-refractivity contribution in [3.05, 3.63) is 53.8 Å². The molecular weight excluding hydrogens is 395 g/mol. The molecule has 0 aromatic heterocycles. The number of carbonyl (C=O) groups excluding carboxylic acids is 4. The van der Waals surface area contributed by atoms with Gasteiger partial charge in [-0.15, -0.1) is 0 Å². The SMILES string of the molecule is CC(=O)Nc1ccc(C(=O)COC(=O)[C@@H](C)Oc2ccc(F)cc2)c(NC(C)=O)c1. The zero-order valence-corrected chi connectivity index (χ0v) is 16.7. The number of amides is 2. The molecule has 0 saturated carbocycles. The molecule has 9 heteroatoms. The van der Waals surface area contributed by atoms with Crippen LogP contribution in [0.15, 0.2) is 42.5 Å². The van der Waals surface area contributed by atoms with Crippen molar-refractivity contribution in [2.45, 2.75) is 26.9 Å². The third-order valence-corrected chi connectivity index (χ3v) is 3.75. The van der Waals surface area contributed by atoms with Crippen LogP contribution in [0, 0.1) is 5.82 Å². The second-order valence-corrected chi connectivity index (χ2v) is 6.37. The van der Waals surface area contributed by atoms with Crippen molar-refractivity contribution < 1.29 is 33.0 Å². The minimum absolute atomic E-state index is 0.110. The molecule has 2 aromatic carbocycles. The average Bonchev–Trinajstić information content (AvgIpc) is 2.66. The molecule has 0 aliphatic rings. The second-order valence-electron chi connectivity index (χ2n) is 6.37. The second kappa shape index (κ2) is 10.1. The highest BCUT2D eigenvalue weighted by Crippen LogP contribution is 2.22. The number of nitrogens with one attached hydrogen (secondary N) is 2. The molecule has 0 radical (unpaired) electrons. The van der Waals surface area contributed by atoms with E-state index in [0.29, 0.717) is 5.69 Å². The van der Waals surface area contributed by atoms with Gasteiger partial charge in [-0.3, -0.25) is 14.4 Å². The summed E-state index contributed by atoms with van der Waals surface area (Å²) in [7, 11) is 0. The Kier molecular flexibility index (Phi) is 7.62. The Morgan fingerprint density at radius 3 is 2.20 bits per heavy atom. The van der Waals surface area contributed by atoms with Gasteiger partial charge in [-0.25, -0.2) is 9.18 Å². The van der Waals surface area contributed by atoms with Crippen LogP contribution in [0.4, 0.5) is 15.8 Å². The molecule has 8 nitrogen and oxygen atoms in total. The highest BCUT2D eigenvalue weighted by molar-refractivity contribution is 6.06. The molecule has 2 rings (SSSR count). The minimum Gasteiger partial charge on any atom is -0.479 e. The van der Waals surface area contributed by atoms with E-state index < -0.39 is 36.2 Å². The summed E-state index contributed by atoms with van der Waals surface area (Å²) >= 11 is 0. The molecule has 0 aliphatic heterocycles. The maximum atomic E-state index is 12.9. The highest BCUT2D eigenvalue weighted by atomic mass is 19.1. The van der Waals surface area contributed by atoms with Crippen molar-refractivity contribution in [2.24, 2.45) is 0 Å². The predicted octanol–water partition coefficient (Wildman–Crippen LogP) is 2.94. The molecule has 0 aliphatic carbocycles. The van der Waals surface area contributed by atoms with Gasteiger partial charge in [0.2, 0.25) is 17.6 Å². The largest absolute Gasteiger partial charge is 0.479 e. The van der Waals surface area contributed by atoms with Crippen LogP contribution in [0.2, 0.25) is 0 Å². The Balaban J connectivity index is 2.03. The van der Waals surface area contributed by atoms with E-state index in [1.54, 1.807) is 0 Å². The average molecular weight is 416 g/mol. The number of carbonyl (C=O) groups is 4. The van der Waals surface area contributed by atoms with E-state index in [-0.39, 0.29) is 22.9 Å². The highest BCUT2D eigenvalue weighted by Gasteiger charge is 2.20. The van der Waals surface area contributed by atoms with Gasteiger partial charge in [0.15, 0.2) is 12.7 Å². The molecule has 2 amide bonds. The van der Waals surface area contributed by atoms with Crippen LogP contribution in [0.3, 0.4) is 0 Å². The molecule has 0 unspecified atom stereocenters. The van der Waals surface area contributed by atoms with Crippen LogP contribution in [0.5, 0.6) is 5.75 Å². The lowest BCUT2D eigenvalue weighted by Crippen LogP contribution is -2.28. The molecule has 2 aromatic rings. The van der Waals surface area contributed by atoms with E-state index in [4.69, 9.17) is 9.47 Å². The zero-order valence-electron chi connectivity index (χ0n) is 16.7. The van der Waals surface area contributed by atoms with Gasteiger partial charge in [-0.05, 0) is 49.4 Å². The number of ketones is 1. The minimum atomic E-state index is -1.03. The lowest BCUT2D eigenvalue weighted by Gasteiger charge is -2.15. The van der Waals surface area contributed by atoms with Gasteiger partial charge < -0.3 is 20.1 Å². The standard InChI is InChI=1S/C21H21FN2O6/c1-12(30-17-7-4-15(22)5-8-17)21(28)29-11-20(27)18-9-6-16(23-13(2)25)10-19(18)24-14(3)26/h4-10,12H,11H2,1-3H3,(H,23,25)(H,24,26)/t12-/m1/s1. The van der Waals surface area contributed by atoms with Crippen LogP contribution in [0.25, 0.3) is 0 Å². The van der Waals surface area contributed by atoms with Gasteiger partial charge in [0.05, 0.1) is 5.69 Å². The number of esters is 1. The monoisotopic (exact) mass is 416 g/mol. The number of ether oxygens (including phenoxy) is 2. The zero-order chi connectivity index (χ0) is 22.3. The molecule has 30 heavy (non-hydrogen) atoms. The number of benzene rings is 2. The molecule has 0 spiro atoms. The summed E-state index contributed by atoms with van der Waals surface area (Å²) in [6.07, 6.45) is -1.03. The first-order valence-corrected chi connectivity index (χ1v) is 8.97. The van der Waals surface area contributed by atoms with Crippen LogP contribution < -0.4 is 15.4 Å². The smallest absolute Gasteiger partial charge is 0.347 e. The van der Waals surface area contributed by atoms with Gasteiger partial charge in [-0.2, -0.15) is 0 Å². The number of anilines is 2. The van der Waals surface area contributed by atoms with Crippen LogP contribution in [-0.4, -0.2) is 36.3 Å². The van der Waals surface area contributed by atoms with E-state index in [0.717, 1.165) is 0 Å². The molecule has 1 atom stereocenters. The summed E-state index contributed by atoms with van der Waals surface area (Å²) in [5.74, 6) is -2.25. The van der Waals surface area contributed by atoms with Gasteiger partial charge in [-0.1, -0.05) is 0 Å². The molecule has 0 bridgehead atoms. The topological polar surface area (TPSA) is 111 Å². The number of halogens is 1. The number of hydrogen-bond donors (Lipinski definition) is 2. The fraction of sp³-hybridized carbons (Fsp3) is 0.238. The van der Waals surface area contributed by atoms with Crippen molar-refractivity contribution in [1.82, 2.24) is 0 Å². The number of rotatable bonds is 8. The van der Waals surface area contributed by atoms with Crippen LogP contribution in [-0.2, 0) is 19.1 Å². The lowest BCUT2D eigenvalue weighted by molar-refractivity contribution is -0.149. The Labute approximate surface area is 172 Å². The first-order chi connectivity index (χ1) is 14.2. The maximum Gasteiger partial charge on any atom is 0.347 e. The van der Waals surface area contributed by atoms with E-state index in [1.165, 1.54) is 63.2 Å². The normalized spacial score (nSPS) is 11.2. The summed E-state index contributed by atoms with van der Waals surface area (Å²) < 4.78 is 23.3. The van der Waals surface area contributed by atoms with Gasteiger partial charge in [0, 0.05) is 25.1 Å². The number of Topliss-reactive ketones (excluding diaryl/α,β-unsaturated/α-hetero) is 1. The van der Waals surface area contributed by atoms with Crippen molar-refractivity contribution in [1.29, 1.82) is 0 Å². The van der Waals surface area contributed by atoms with Crippen molar-refractivity contribution in [3.63, 3.8) is 0 Å². The molecule has 0 heterocycles. The third kappa shape index (κ3) is 6.69. The van der Waals surface area contributed by atoms with Crippen molar-refractivity contribution >= 4 is 34.9 Å². The van der Waals surface area contributed by atoms with Crippen molar-refractivity contribution in [2.75, 3.05) is 17.2 Å². The van der Waals surface area contributed by atoms with Gasteiger partial charge in [0.25, 0.3) is 0 Å². The van der Waals surface area contributed by atoms with Crippen molar-refractivity contribution in [3.8, 4) is 5.75 Å². The summed E-state index contributed by atoms with van der Waals surface area (Å²) in [6.45, 7) is 3.45. The first kappa shape index (κ1) is 22.5. The molecular formula is C21H21FN2O6. The van der Waals surface area contributed by atoms with Gasteiger partial charge >= 0.3 is 5.97 Å². The fourth-order valence-corrected chi connectivity index (χ4v) is 2.46. The molecule has 0 fully saturated rings. The summed E-state index contributed by atoms with van der Waals surface area (Å²) in [4.78, 5) is 47.2.